The normalized spacial score (nSPS) is 21.6. The summed E-state index contributed by atoms with van der Waals surface area (Å²) in [6, 6.07) is 3.92. The lowest BCUT2D eigenvalue weighted by molar-refractivity contribution is 0.0846. The van der Waals surface area contributed by atoms with Gasteiger partial charge in [-0.25, -0.2) is 17.9 Å². The standard InChI is InChI=1S/C17H24N6O3S/c1-10(2)6-13-11(8-18)7-14-16(20-17(19)21-23(13)14)12-4-5-22(9-15(12)24)27(3,25)26/h7,10,12,15,24H,4-6,9H2,1-3H3,(H2,19,21). The van der Waals surface area contributed by atoms with Crippen LogP contribution < -0.4 is 5.73 Å². The Morgan fingerprint density at radius 2 is 2.19 bits per heavy atom. The van der Waals surface area contributed by atoms with E-state index in [-0.39, 0.29) is 18.4 Å². The van der Waals surface area contributed by atoms with Crippen LogP contribution in [0.4, 0.5) is 5.95 Å². The van der Waals surface area contributed by atoms with E-state index in [1.165, 1.54) is 4.31 Å². The number of anilines is 1. The number of rotatable bonds is 4. The fourth-order valence-corrected chi connectivity index (χ4v) is 4.48. The predicted molar refractivity (Wildman–Crippen MR) is 100 cm³/mol. The van der Waals surface area contributed by atoms with E-state index >= 15 is 0 Å². The largest absolute Gasteiger partial charge is 0.391 e. The van der Waals surface area contributed by atoms with Gasteiger partial charge in [-0.2, -0.15) is 9.57 Å². The number of hydrogen-bond acceptors (Lipinski definition) is 7. The number of β-amino-alcohol motifs (C(OH)–C–C–N with tert-alkyl or cyclic N) is 1. The second kappa shape index (κ2) is 7.07. The van der Waals surface area contributed by atoms with Gasteiger partial charge in [-0.1, -0.05) is 13.8 Å². The molecule has 0 aromatic carbocycles. The minimum absolute atomic E-state index is 0.00420. The Kier molecular flexibility index (Phi) is 5.12. The number of fused-ring (bicyclic) bond motifs is 1. The molecule has 0 radical (unpaired) electrons. The maximum atomic E-state index is 11.8. The molecule has 0 saturated carbocycles. The van der Waals surface area contributed by atoms with Gasteiger partial charge in [0.05, 0.1) is 34.8 Å². The van der Waals surface area contributed by atoms with Gasteiger partial charge in [0.15, 0.2) is 0 Å². The van der Waals surface area contributed by atoms with Crippen LogP contribution in [0.2, 0.25) is 0 Å². The first-order chi connectivity index (χ1) is 12.6. The number of piperidine rings is 1. The molecule has 3 N–H and O–H groups in total. The summed E-state index contributed by atoms with van der Waals surface area (Å²) in [4.78, 5) is 4.34. The van der Waals surface area contributed by atoms with Gasteiger partial charge >= 0.3 is 0 Å². The number of aromatic nitrogens is 3. The number of nitrogens with zero attached hydrogens (tertiary/aromatic N) is 5. The summed E-state index contributed by atoms with van der Waals surface area (Å²) in [5.74, 6) is -0.0112. The van der Waals surface area contributed by atoms with E-state index in [0.717, 1.165) is 11.9 Å². The highest BCUT2D eigenvalue weighted by Crippen LogP contribution is 2.33. The summed E-state index contributed by atoms with van der Waals surface area (Å²) in [5, 5.41) is 24.4. The Balaban J connectivity index is 2.08. The van der Waals surface area contributed by atoms with Gasteiger partial charge < -0.3 is 10.8 Å². The molecule has 0 amide bonds. The molecule has 2 aromatic heterocycles. The quantitative estimate of drug-likeness (QED) is 0.772. The number of nitrogens with two attached hydrogens (primary N) is 1. The monoisotopic (exact) mass is 392 g/mol. The van der Waals surface area contributed by atoms with Crippen LogP contribution >= 0.6 is 0 Å². The first kappa shape index (κ1) is 19.5. The molecule has 1 aliphatic heterocycles. The fraction of sp³-hybridized carbons (Fsp3) is 0.588. The smallest absolute Gasteiger partial charge is 0.238 e. The van der Waals surface area contributed by atoms with E-state index in [1.807, 2.05) is 0 Å². The van der Waals surface area contributed by atoms with E-state index < -0.39 is 16.1 Å². The summed E-state index contributed by atoms with van der Waals surface area (Å²) >= 11 is 0. The first-order valence-electron chi connectivity index (χ1n) is 8.83. The van der Waals surface area contributed by atoms with Crippen LogP contribution in [0.1, 0.15) is 43.1 Å². The molecule has 0 aliphatic carbocycles. The number of hydrogen-bond donors (Lipinski definition) is 2. The van der Waals surface area contributed by atoms with Gasteiger partial charge in [-0.3, -0.25) is 0 Å². The Hall–Kier alpha value is -2.22. The molecular formula is C17H24N6O3S. The lowest BCUT2D eigenvalue weighted by Crippen LogP contribution is -2.45. The summed E-state index contributed by atoms with van der Waals surface area (Å²) in [6.07, 6.45) is 1.28. The SMILES string of the molecule is CC(C)Cc1c(C#N)cc2c(C3CCN(S(C)(=O)=O)CC3O)nc(N)nn12. The third-order valence-corrected chi connectivity index (χ3v) is 6.13. The number of nitriles is 1. The second-order valence-electron chi connectivity index (χ2n) is 7.45. The van der Waals surface area contributed by atoms with E-state index in [1.54, 1.807) is 10.6 Å². The molecule has 0 spiro atoms. The molecule has 2 atom stereocenters. The third kappa shape index (κ3) is 3.76. The van der Waals surface area contributed by atoms with Crippen molar-refractivity contribution in [3.63, 3.8) is 0 Å². The number of aliphatic hydroxyl groups excluding tert-OH is 1. The number of sulfonamides is 1. The lowest BCUT2D eigenvalue weighted by atomic mass is 9.91. The van der Waals surface area contributed by atoms with Crippen LogP contribution in [0.3, 0.4) is 0 Å². The van der Waals surface area contributed by atoms with Crippen LogP contribution in [0.5, 0.6) is 0 Å². The van der Waals surface area contributed by atoms with Crippen LogP contribution in [0.25, 0.3) is 5.52 Å². The molecule has 1 aliphatic rings. The van der Waals surface area contributed by atoms with Crippen molar-refractivity contribution >= 4 is 21.5 Å². The van der Waals surface area contributed by atoms with E-state index in [2.05, 4.69) is 30.0 Å². The van der Waals surface area contributed by atoms with E-state index in [9.17, 15) is 18.8 Å². The van der Waals surface area contributed by atoms with Crippen molar-refractivity contribution in [3.05, 3.63) is 23.0 Å². The molecule has 2 aromatic rings. The first-order valence-corrected chi connectivity index (χ1v) is 10.7. The molecular weight excluding hydrogens is 368 g/mol. The molecule has 10 heteroatoms. The molecule has 1 saturated heterocycles. The third-order valence-electron chi connectivity index (χ3n) is 4.86. The maximum Gasteiger partial charge on any atom is 0.238 e. The summed E-state index contributed by atoms with van der Waals surface area (Å²) < 4.78 is 26.4. The maximum absolute atomic E-state index is 11.8. The van der Waals surface area contributed by atoms with Crippen LogP contribution in [-0.4, -0.2) is 57.9 Å². The van der Waals surface area contributed by atoms with Crippen molar-refractivity contribution in [1.82, 2.24) is 18.9 Å². The van der Waals surface area contributed by atoms with Crippen molar-refractivity contribution in [2.75, 3.05) is 25.1 Å². The molecule has 146 valence electrons. The van der Waals surface area contributed by atoms with Gasteiger partial charge in [0.2, 0.25) is 16.0 Å². The summed E-state index contributed by atoms with van der Waals surface area (Å²) in [7, 11) is -3.37. The zero-order valence-corrected chi connectivity index (χ0v) is 16.4. The average molecular weight is 392 g/mol. The fourth-order valence-electron chi connectivity index (χ4n) is 3.62. The number of aliphatic hydroxyl groups is 1. The van der Waals surface area contributed by atoms with E-state index in [4.69, 9.17) is 5.73 Å². The molecule has 1 fully saturated rings. The predicted octanol–water partition coefficient (Wildman–Crippen LogP) is 0.491. The van der Waals surface area contributed by atoms with Crippen LogP contribution in [0, 0.1) is 17.2 Å². The van der Waals surface area contributed by atoms with Crippen LogP contribution in [-0.2, 0) is 16.4 Å². The van der Waals surface area contributed by atoms with Crippen molar-refractivity contribution in [1.29, 1.82) is 5.26 Å². The van der Waals surface area contributed by atoms with Crippen LogP contribution in [0.15, 0.2) is 6.07 Å². The Labute approximate surface area is 158 Å². The second-order valence-corrected chi connectivity index (χ2v) is 9.43. The van der Waals surface area contributed by atoms with Crippen molar-refractivity contribution < 1.29 is 13.5 Å². The van der Waals surface area contributed by atoms with Crippen molar-refractivity contribution in [3.8, 4) is 6.07 Å². The van der Waals surface area contributed by atoms with Gasteiger partial charge in [0.1, 0.15) is 6.07 Å². The van der Waals surface area contributed by atoms with Gasteiger partial charge in [-0.15, -0.1) is 5.10 Å². The Bertz CT molecular complexity index is 1010. The minimum Gasteiger partial charge on any atom is -0.391 e. The zero-order chi connectivity index (χ0) is 19.9. The minimum atomic E-state index is -3.37. The lowest BCUT2D eigenvalue weighted by Gasteiger charge is -2.34. The van der Waals surface area contributed by atoms with Crippen molar-refractivity contribution in [2.24, 2.45) is 5.92 Å². The van der Waals surface area contributed by atoms with Gasteiger partial charge in [0.25, 0.3) is 0 Å². The molecule has 3 rings (SSSR count). The number of nitrogen functional groups attached to an aromatic ring is 1. The molecule has 3 heterocycles. The highest BCUT2D eigenvalue weighted by atomic mass is 32.2. The Morgan fingerprint density at radius 1 is 1.48 bits per heavy atom. The van der Waals surface area contributed by atoms with E-state index in [0.29, 0.717) is 42.1 Å². The van der Waals surface area contributed by atoms with Gasteiger partial charge in [-0.05, 0) is 24.8 Å². The zero-order valence-electron chi connectivity index (χ0n) is 15.6. The Morgan fingerprint density at radius 3 is 2.74 bits per heavy atom. The molecule has 27 heavy (non-hydrogen) atoms. The molecule has 0 bridgehead atoms. The average Bonchev–Trinajstić information content (AvgIpc) is 2.90. The highest BCUT2D eigenvalue weighted by Gasteiger charge is 2.35. The molecule has 9 nitrogen and oxygen atoms in total. The topological polar surface area (TPSA) is 138 Å². The summed E-state index contributed by atoms with van der Waals surface area (Å²) in [6.45, 7) is 4.40. The van der Waals surface area contributed by atoms with Crippen molar-refractivity contribution in [2.45, 2.75) is 38.7 Å². The highest BCUT2D eigenvalue weighted by molar-refractivity contribution is 7.88. The van der Waals surface area contributed by atoms with Gasteiger partial charge in [0, 0.05) is 19.0 Å². The summed E-state index contributed by atoms with van der Waals surface area (Å²) in [5.41, 5.74) is 8.37. The molecule has 2 unspecified atom stereocenters.